The molecule has 1 N–H and O–H groups in total. The smallest absolute Gasteiger partial charge is 0.330 e. The summed E-state index contributed by atoms with van der Waals surface area (Å²) in [6.45, 7) is 7.95. The topological polar surface area (TPSA) is 37.3 Å². The van der Waals surface area contributed by atoms with Gasteiger partial charge in [-0.15, -0.1) is 0 Å². The highest BCUT2D eigenvalue weighted by Gasteiger charge is 2.09. The second-order valence-corrected chi connectivity index (χ2v) is 3.40. The summed E-state index contributed by atoms with van der Waals surface area (Å²) in [5, 5.41) is 8.62. The predicted octanol–water partition coefficient (Wildman–Crippen LogP) is 2.70. The van der Waals surface area contributed by atoms with Crippen molar-refractivity contribution < 1.29 is 9.90 Å². The van der Waals surface area contributed by atoms with Gasteiger partial charge in [0.2, 0.25) is 0 Å². The van der Waals surface area contributed by atoms with Gasteiger partial charge >= 0.3 is 5.97 Å². The molecule has 0 saturated heterocycles. The Bertz CT molecular complexity index is 182. The van der Waals surface area contributed by atoms with Crippen LogP contribution in [0.3, 0.4) is 0 Å². The molecule has 2 heteroatoms. The molecule has 0 aromatic rings. The van der Waals surface area contributed by atoms with Crippen LogP contribution in [-0.2, 0) is 4.79 Å². The highest BCUT2D eigenvalue weighted by atomic mass is 16.4. The Morgan fingerprint density at radius 1 is 1.50 bits per heavy atom. The summed E-state index contributed by atoms with van der Waals surface area (Å²) in [7, 11) is 0. The number of carbonyl (C=O) groups is 1. The first-order valence-electron chi connectivity index (χ1n) is 4.40. The molecular weight excluding hydrogens is 152 g/mol. The lowest BCUT2D eigenvalue weighted by atomic mass is 9.92. The minimum atomic E-state index is -0.815. The third-order valence-electron chi connectivity index (χ3n) is 2.39. The third kappa shape index (κ3) is 3.56. The van der Waals surface area contributed by atoms with Crippen LogP contribution in [0.25, 0.3) is 0 Å². The van der Waals surface area contributed by atoms with Gasteiger partial charge in [-0.25, -0.2) is 4.79 Å². The van der Waals surface area contributed by atoms with Crippen molar-refractivity contribution in [2.24, 2.45) is 11.8 Å². The molecule has 12 heavy (non-hydrogen) atoms. The number of carboxylic acid groups (broad SMARTS) is 1. The standard InChI is InChI=1S/C10H18O2/c1-5-7(2)8(3)6-9(4)10(11)12/h6-8H,5H2,1-4H3,(H,11,12). The zero-order chi connectivity index (χ0) is 9.72. The van der Waals surface area contributed by atoms with Gasteiger partial charge in [0.1, 0.15) is 0 Å². The Hall–Kier alpha value is -0.790. The molecule has 0 aliphatic carbocycles. The minimum Gasteiger partial charge on any atom is -0.478 e. The van der Waals surface area contributed by atoms with Crippen LogP contribution in [0, 0.1) is 11.8 Å². The van der Waals surface area contributed by atoms with E-state index in [1.807, 2.05) is 6.08 Å². The maximum Gasteiger partial charge on any atom is 0.330 e. The van der Waals surface area contributed by atoms with E-state index >= 15 is 0 Å². The van der Waals surface area contributed by atoms with Gasteiger partial charge in [0.05, 0.1) is 0 Å². The van der Waals surface area contributed by atoms with Crippen molar-refractivity contribution in [3.05, 3.63) is 11.6 Å². The summed E-state index contributed by atoms with van der Waals surface area (Å²) >= 11 is 0. The number of carboxylic acids is 1. The van der Waals surface area contributed by atoms with Crippen molar-refractivity contribution in [3.8, 4) is 0 Å². The first kappa shape index (κ1) is 11.2. The molecule has 0 aliphatic heterocycles. The summed E-state index contributed by atoms with van der Waals surface area (Å²) in [6.07, 6.45) is 2.92. The van der Waals surface area contributed by atoms with Crippen molar-refractivity contribution in [1.82, 2.24) is 0 Å². The van der Waals surface area contributed by atoms with Crippen molar-refractivity contribution in [1.29, 1.82) is 0 Å². The normalized spacial score (nSPS) is 17.2. The van der Waals surface area contributed by atoms with Crippen LogP contribution in [0.5, 0.6) is 0 Å². The molecule has 0 amide bonds. The Labute approximate surface area is 74.3 Å². The molecule has 0 rings (SSSR count). The van der Waals surface area contributed by atoms with Gasteiger partial charge in [0.25, 0.3) is 0 Å². The molecule has 0 heterocycles. The second kappa shape index (κ2) is 4.96. The lowest BCUT2D eigenvalue weighted by molar-refractivity contribution is -0.132. The van der Waals surface area contributed by atoms with Gasteiger partial charge in [-0.05, 0) is 18.8 Å². The molecule has 0 saturated carbocycles. The number of allylic oxidation sites excluding steroid dienone is 1. The fourth-order valence-corrected chi connectivity index (χ4v) is 1.00. The Kier molecular flexibility index (Phi) is 4.64. The molecule has 0 radical (unpaired) electrons. The van der Waals surface area contributed by atoms with Crippen LogP contribution in [0.4, 0.5) is 0 Å². The first-order valence-corrected chi connectivity index (χ1v) is 4.40. The van der Waals surface area contributed by atoms with Crippen molar-refractivity contribution in [2.75, 3.05) is 0 Å². The van der Waals surface area contributed by atoms with Crippen molar-refractivity contribution in [3.63, 3.8) is 0 Å². The van der Waals surface area contributed by atoms with Crippen LogP contribution >= 0.6 is 0 Å². The van der Waals surface area contributed by atoms with Gasteiger partial charge in [0, 0.05) is 5.57 Å². The molecule has 0 aliphatic rings. The molecule has 0 fully saturated rings. The van der Waals surface area contributed by atoms with Gasteiger partial charge in [-0.1, -0.05) is 33.3 Å². The van der Waals surface area contributed by atoms with Gasteiger partial charge < -0.3 is 5.11 Å². The summed E-state index contributed by atoms with van der Waals surface area (Å²) in [6, 6.07) is 0. The van der Waals surface area contributed by atoms with Crippen LogP contribution in [0.2, 0.25) is 0 Å². The Morgan fingerprint density at radius 3 is 2.33 bits per heavy atom. The molecule has 2 atom stereocenters. The first-order chi connectivity index (χ1) is 5.49. The summed E-state index contributed by atoms with van der Waals surface area (Å²) in [4.78, 5) is 10.5. The zero-order valence-corrected chi connectivity index (χ0v) is 8.29. The van der Waals surface area contributed by atoms with Crippen LogP contribution in [-0.4, -0.2) is 11.1 Å². The van der Waals surface area contributed by atoms with E-state index in [-0.39, 0.29) is 0 Å². The van der Waals surface area contributed by atoms with Gasteiger partial charge in [-0.2, -0.15) is 0 Å². The molecule has 2 nitrogen and oxygen atoms in total. The summed E-state index contributed by atoms with van der Waals surface area (Å²) in [5.41, 5.74) is 0.447. The highest BCUT2D eigenvalue weighted by Crippen LogP contribution is 2.17. The molecule has 70 valence electrons. The molecule has 0 bridgehead atoms. The predicted molar refractivity (Wildman–Crippen MR) is 50.0 cm³/mol. The van der Waals surface area contributed by atoms with E-state index < -0.39 is 5.97 Å². The van der Waals surface area contributed by atoms with Crippen LogP contribution in [0.15, 0.2) is 11.6 Å². The lowest BCUT2D eigenvalue weighted by Gasteiger charge is -2.14. The SMILES string of the molecule is CCC(C)C(C)C=C(C)C(=O)O. The highest BCUT2D eigenvalue weighted by molar-refractivity contribution is 5.85. The average Bonchev–Trinajstić information content (AvgIpc) is 2.02. The number of rotatable bonds is 4. The van der Waals surface area contributed by atoms with Crippen LogP contribution in [0.1, 0.15) is 34.1 Å². The van der Waals surface area contributed by atoms with E-state index in [4.69, 9.17) is 5.11 Å². The Morgan fingerprint density at radius 2 is 2.00 bits per heavy atom. The maximum atomic E-state index is 10.5. The molecule has 0 spiro atoms. The van der Waals surface area contributed by atoms with Gasteiger partial charge in [0.15, 0.2) is 0 Å². The van der Waals surface area contributed by atoms with E-state index in [0.29, 0.717) is 17.4 Å². The molecule has 0 aromatic carbocycles. The molecule has 2 unspecified atom stereocenters. The second-order valence-electron chi connectivity index (χ2n) is 3.40. The van der Waals surface area contributed by atoms with E-state index in [1.165, 1.54) is 0 Å². The number of hydrogen-bond donors (Lipinski definition) is 1. The van der Waals surface area contributed by atoms with Gasteiger partial charge in [-0.3, -0.25) is 0 Å². The van der Waals surface area contributed by atoms with Crippen molar-refractivity contribution in [2.45, 2.75) is 34.1 Å². The summed E-state index contributed by atoms with van der Waals surface area (Å²) < 4.78 is 0. The largest absolute Gasteiger partial charge is 0.478 e. The lowest BCUT2D eigenvalue weighted by Crippen LogP contribution is -2.06. The van der Waals surface area contributed by atoms with E-state index in [9.17, 15) is 4.79 Å². The summed E-state index contributed by atoms with van der Waals surface area (Å²) in [5.74, 6) is 0.0931. The maximum absolute atomic E-state index is 10.5. The monoisotopic (exact) mass is 170 g/mol. The van der Waals surface area contributed by atoms with Crippen molar-refractivity contribution >= 4 is 5.97 Å². The fourth-order valence-electron chi connectivity index (χ4n) is 1.00. The molecule has 0 aromatic heterocycles. The van der Waals surface area contributed by atoms with E-state index in [1.54, 1.807) is 6.92 Å². The number of aliphatic carboxylic acids is 1. The zero-order valence-electron chi connectivity index (χ0n) is 8.29. The van der Waals surface area contributed by atoms with Crippen LogP contribution < -0.4 is 0 Å². The van der Waals surface area contributed by atoms with E-state index in [0.717, 1.165) is 6.42 Å². The number of hydrogen-bond acceptors (Lipinski definition) is 1. The van der Waals surface area contributed by atoms with E-state index in [2.05, 4.69) is 20.8 Å². The fraction of sp³-hybridized carbons (Fsp3) is 0.700. The quantitative estimate of drug-likeness (QED) is 0.659. The molecular formula is C10H18O2. The minimum absolute atomic E-state index is 0.353. The Balaban J connectivity index is 4.22. The third-order valence-corrected chi connectivity index (χ3v) is 2.39. The average molecular weight is 170 g/mol.